The summed E-state index contributed by atoms with van der Waals surface area (Å²) in [4.78, 5) is 31.4. The molecule has 1 N–H and O–H groups in total. The molecule has 1 saturated heterocycles. The van der Waals surface area contributed by atoms with Crippen molar-refractivity contribution in [3.8, 4) is 0 Å². The molecule has 2 aromatic carbocycles. The minimum atomic E-state index is -0.145. The number of para-hydroxylation sites is 1. The van der Waals surface area contributed by atoms with E-state index in [0.29, 0.717) is 11.4 Å². The number of halogens is 1. The second-order valence-corrected chi connectivity index (χ2v) is 9.42. The van der Waals surface area contributed by atoms with Crippen molar-refractivity contribution < 1.29 is 9.59 Å². The second kappa shape index (κ2) is 9.81. The van der Waals surface area contributed by atoms with E-state index in [4.69, 9.17) is 0 Å². The van der Waals surface area contributed by atoms with Crippen molar-refractivity contribution >= 4 is 51.3 Å². The Morgan fingerprint density at radius 2 is 1.93 bits per heavy atom. The summed E-state index contributed by atoms with van der Waals surface area (Å²) in [7, 11) is 0. The number of anilines is 1. The van der Waals surface area contributed by atoms with Crippen molar-refractivity contribution in [1.82, 2.24) is 10.2 Å². The van der Waals surface area contributed by atoms with Crippen LogP contribution in [0.1, 0.15) is 18.4 Å². The van der Waals surface area contributed by atoms with Gasteiger partial charge in [-0.05, 0) is 61.8 Å². The first-order chi connectivity index (χ1) is 14.6. The molecule has 30 heavy (non-hydrogen) atoms. The summed E-state index contributed by atoms with van der Waals surface area (Å²) < 4.78 is 0.958. The number of carbonyl (C=O) groups is 2. The number of amides is 2. The molecule has 2 aliphatic rings. The van der Waals surface area contributed by atoms with Crippen LogP contribution in [0.25, 0.3) is 6.08 Å². The number of benzene rings is 2. The second-order valence-electron chi connectivity index (χ2n) is 7.42. The van der Waals surface area contributed by atoms with Crippen LogP contribution in [0.5, 0.6) is 0 Å². The molecule has 0 saturated carbocycles. The molecule has 0 aromatic heterocycles. The van der Waals surface area contributed by atoms with Crippen LogP contribution in [0.2, 0.25) is 0 Å². The average Bonchev–Trinajstić information content (AvgIpc) is 3.25. The van der Waals surface area contributed by atoms with Crippen molar-refractivity contribution in [2.24, 2.45) is 0 Å². The molecule has 4 rings (SSSR count). The highest BCUT2D eigenvalue weighted by Crippen LogP contribution is 2.41. The van der Waals surface area contributed by atoms with E-state index in [0.717, 1.165) is 40.3 Å². The molecular formula is C23H24BrN3O2S. The fraction of sp³-hybridized carbons (Fsp3) is 0.304. The first-order valence-electron chi connectivity index (χ1n) is 10.2. The molecule has 2 heterocycles. The predicted molar refractivity (Wildman–Crippen MR) is 125 cm³/mol. The van der Waals surface area contributed by atoms with E-state index in [1.807, 2.05) is 54.6 Å². The molecule has 0 spiro atoms. The van der Waals surface area contributed by atoms with Crippen molar-refractivity contribution in [2.45, 2.75) is 17.7 Å². The minimum Gasteiger partial charge on any atom is -0.353 e. The average molecular weight is 486 g/mol. The summed E-state index contributed by atoms with van der Waals surface area (Å²) in [5.41, 5.74) is 1.73. The van der Waals surface area contributed by atoms with Crippen LogP contribution in [0, 0.1) is 0 Å². The maximum atomic E-state index is 13.2. The van der Waals surface area contributed by atoms with E-state index in [1.54, 1.807) is 4.90 Å². The summed E-state index contributed by atoms with van der Waals surface area (Å²) in [6, 6.07) is 15.5. The zero-order valence-electron chi connectivity index (χ0n) is 16.6. The lowest BCUT2D eigenvalue weighted by Gasteiger charge is -2.30. The van der Waals surface area contributed by atoms with E-state index in [2.05, 4.69) is 26.1 Å². The van der Waals surface area contributed by atoms with Gasteiger partial charge in [-0.25, -0.2) is 0 Å². The molecular weight excluding hydrogens is 462 g/mol. The van der Waals surface area contributed by atoms with Crippen molar-refractivity contribution in [1.29, 1.82) is 0 Å². The van der Waals surface area contributed by atoms with Crippen LogP contribution in [-0.4, -0.2) is 49.4 Å². The van der Waals surface area contributed by atoms with Gasteiger partial charge >= 0.3 is 0 Å². The molecule has 156 valence electrons. The smallest absolute Gasteiger partial charge is 0.265 e. The number of hydrogen-bond acceptors (Lipinski definition) is 4. The fourth-order valence-electron chi connectivity index (χ4n) is 3.73. The van der Waals surface area contributed by atoms with Crippen LogP contribution in [0.3, 0.4) is 0 Å². The van der Waals surface area contributed by atoms with E-state index in [9.17, 15) is 9.59 Å². The molecule has 2 aliphatic heterocycles. The molecule has 2 amide bonds. The lowest BCUT2D eigenvalue weighted by molar-refractivity contribution is -0.122. The van der Waals surface area contributed by atoms with Crippen LogP contribution >= 0.6 is 27.7 Å². The van der Waals surface area contributed by atoms with E-state index >= 15 is 0 Å². The Kier molecular flexibility index (Phi) is 6.92. The molecule has 0 bridgehead atoms. The largest absolute Gasteiger partial charge is 0.353 e. The zero-order chi connectivity index (χ0) is 20.9. The van der Waals surface area contributed by atoms with E-state index in [-0.39, 0.29) is 18.4 Å². The van der Waals surface area contributed by atoms with Gasteiger partial charge in [0, 0.05) is 22.5 Å². The topological polar surface area (TPSA) is 52.7 Å². The Morgan fingerprint density at radius 1 is 1.13 bits per heavy atom. The van der Waals surface area contributed by atoms with Gasteiger partial charge in [-0.3, -0.25) is 14.5 Å². The standard InChI is InChI=1S/C23H24BrN3O2S/c24-18-7-5-6-17(14-18)15-21-23(29)27(19-8-1-2-9-20(19)30-21)16-22(28)25-10-13-26-11-3-4-12-26/h1-2,5-9,14-15H,3-4,10-13,16H2,(H,25,28)/b21-15+. The zero-order valence-corrected chi connectivity index (χ0v) is 19.0. The summed E-state index contributed by atoms with van der Waals surface area (Å²) in [6.45, 7) is 3.70. The minimum absolute atomic E-state index is 0.0201. The van der Waals surface area contributed by atoms with Gasteiger partial charge in [0.15, 0.2) is 0 Å². The van der Waals surface area contributed by atoms with Gasteiger partial charge in [0.1, 0.15) is 6.54 Å². The SMILES string of the molecule is O=C(CN1C(=O)/C(=C\c2cccc(Br)c2)Sc2ccccc21)NCCN1CCCC1. The van der Waals surface area contributed by atoms with Gasteiger partial charge in [-0.1, -0.05) is 52.0 Å². The third-order valence-electron chi connectivity index (χ3n) is 5.23. The summed E-state index contributed by atoms with van der Waals surface area (Å²) >= 11 is 4.92. The number of fused-ring (bicyclic) bond motifs is 1. The lowest BCUT2D eigenvalue weighted by atomic mass is 10.2. The summed E-state index contributed by atoms with van der Waals surface area (Å²) in [5.74, 6) is -0.278. The molecule has 0 radical (unpaired) electrons. The predicted octanol–water partition coefficient (Wildman–Crippen LogP) is 4.14. The Labute approximate surface area is 189 Å². The van der Waals surface area contributed by atoms with Crippen molar-refractivity contribution in [3.05, 3.63) is 63.5 Å². The molecule has 7 heteroatoms. The number of nitrogens with zero attached hydrogens (tertiary/aromatic N) is 2. The van der Waals surface area contributed by atoms with Crippen molar-refractivity contribution in [2.75, 3.05) is 37.6 Å². The van der Waals surface area contributed by atoms with Crippen LogP contribution in [0.4, 0.5) is 5.69 Å². The number of nitrogens with one attached hydrogen (secondary N) is 1. The van der Waals surface area contributed by atoms with Crippen LogP contribution in [0.15, 0.2) is 62.8 Å². The van der Waals surface area contributed by atoms with Crippen molar-refractivity contribution in [3.63, 3.8) is 0 Å². The first-order valence-corrected chi connectivity index (χ1v) is 11.8. The highest BCUT2D eigenvalue weighted by molar-refractivity contribution is 9.10. The number of carbonyl (C=O) groups excluding carboxylic acids is 2. The molecule has 0 aliphatic carbocycles. The highest BCUT2D eigenvalue weighted by atomic mass is 79.9. The summed E-state index contributed by atoms with van der Waals surface area (Å²) in [5, 5.41) is 2.97. The maximum Gasteiger partial charge on any atom is 0.265 e. The molecule has 5 nitrogen and oxygen atoms in total. The van der Waals surface area contributed by atoms with E-state index in [1.165, 1.54) is 24.6 Å². The Bertz CT molecular complexity index is 972. The van der Waals surface area contributed by atoms with Gasteiger partial charge in [-0.2, -0.15) is 0 Å². The quantitative estimate of drug-likeness (QED) is 0.624. The van der Waals surface area contributed by atoms with E-state index < -0.39 is 0 Å². The molecule has 0 unspecified atom stereocenters. The maximum absolute atomic E-state index is 13.2. The number of thioether (sulfide) groups is 1. The number of rotatable bonds is 6. The summed E-state index contributed by atoms with van der Waals surface area (Å²) in [6.07, 6.45) is 4.35. The fourth-order valence-corrected chi connectivity index (χ4v) is 5.20. The molecule has 1 fully saturated rings. The first kappa shape index (κ1) is 21.2. The Hall–Kier alpha value is -2.09. The lowest BCUT2D eigenvalue weighted by Crippen LogP contribution is -2.44. The van der Waals surface area contributed by atoms with Gasteiger partial charge < -0.3 is 10.2 Å². The third-order valence-corrected chi connectivity index (χ3v) is 6.80. The molecule has 2 aromatic rings. The van der Waals surface area contributed by atoms with Crippen LogP contribution < -0.4 is 10.2 Å². The molecule has 0 atom stereocenters. The van der Waals surface area contributed by atoms with Crippen LogP contribution in [-0.2, 0) is 9.59 Å². The normalized spacial score (nSPS) is 18.0. The van der Waals surface area contributed by atoms with Gasteiger partial charge in [0.2, 0.25) is 5.91 Å². The van der Waals surface area contributed by atoms with Gasteiger partial charge in [0.05, 0.1) is 10.6 Å². The Morgan fingerprint density at radius 3 is 2.73 bits per heavy atom. The Balaban J connectivity index is 1.49. The van der Waals surface area contributed by atoms with Gasteiger partial charge in [-0.15, -0.1) is 0 Å². The van der Waals surface area contributed by atoms with Gasteiger partial charge in [0.25, 0.3) is 5.91 Å². The number of likely N-dealkylation sites (tertiary alicyclic amines) is 1. The monoisotopic (exact) mass is 485 g/mol. The number of hydrogen-bond donors (Lipinski definition) is 1. The third kappa shape index (κ3) is 5.14. The highest BCUT2D eigenvalue weighted by Gasteiger charge is 2.30.